The number of imidazole rings is 1. The Kier molecular flexibility index (Phi) is 3.73. The van der Waals surface area contributed by atoms with Crippen LogP contribution in [0.2, 0.25) is 0 Å². The van der Waals surface area contributed by atoms with E-state index in [-0.39, 0.29) is 0 Å². The molecule has 2 nitrogen and oxygen atoms in total. The number of fused-ring (bicyclic) bond motifs is 1. The fourth-order valence-corrected chi connectivity index (χ4v) is 2.80. The lowest BCUT2D eigenvalue weighted by Gasteiger charge is -2.10. The SMILES string of the molecule is Cc1ccc2nc(CCl)n(-c3ccc(C(C)C)cc3)c2c1. The van der Waals surface area contributed by atoms with E-state index in [0.29, 0.717) is 11.8 Å². The molecule has 0 N–H and O–H groups in total. The molecular formula is C18H19ClN2. The molecule has 2 aromatic carbocycles. The van der Waals surface area contributed by atoms with Crippen LogP contribution in [0, 0.1) is 6.92 Å². The molecule has 0 radical (unpaired) electrons. The predicted molar refractivity (Wildman–Crippen MR) is 89.5 cm³/mol. The number of aryl methyl sites for hydroxylation is 1. The molecule has 108 valence electrons. The number of hydrogen-bond acceptors (Lipinski definition) is 1. The molecule has 0 spiro atoms. The minimum Gasteiger partial charge on any atom is -0.295 e. The van der Waals surface area contributed by atoms with Crippen LogP contribution in [0.5, 0.6) is 0 Å². The van der Waals surface area contributed by atoms with Gasteiger partial charge in [0.05, 0.1) is 16.9 Å². The highest BCUT2D eigenvalue weighted by atomic mass is 35.5. The van der Waals surface area contributed by atoms with Crippen molar-refractivity contribution in [1.82, 2.24) is 9.55 Å². The first-order valence-corrected chi connectivity index (χ1v) is 7.78. The van der Waals surface area contributed by atoms with Crippen LogP contribution in [-0.4, -0.2) is 9.55 Å². The number of nitrogens with zero attached hydrogens (tertiary/aromatic N) is 2. The maximum atomic E-state index is 6.09. The second-order valence-corrected chi connectivity index (χ2v) is 6.00. The molecule has 0 fully saturated rings. The summed E-state index contributed by atoms with van der Waals surface area (Å²) in [7, 11) is 0. The van der Waals surface area contributed by atoms with Crippen LogP contribution in [0.3, 0.4) is 0 Å². The summed E-state index contributed by atoms with van der Waals surface area (Å²) in [5.74, 6) is 1.82. The van der Waals surface area contributed by atoms with Crippen molar-refractivity contribution in [2.75, 3.05) is 0 Å². The van der Waals surface area contributed by atoms with Gasteiger partial charge < -0.3 is 0 Å². The van der Waals surface area contributed by atoms with E-state index >= 15 is 0 Å². The van der Waals surface area contributed by atoms with Crippen LogP contribution in [0.15, 0.2) is 42.5 Å². The number of benzene rings is 2. The molecule has 1 aromatic heterocycles. The van der Waals surface area contributed by atoms with E-state index in [9.17, 15) is 0 Å². The van der Waals surface area contributed by atoms with E-state index < -0.39 is 0 Å². The summed E-state index contributed by atoms with van der Waals surface area (Å²) in [6, 6.07) is 15.0. The van der Waals surface area contributed by atoms with Crippen molar-refractivity contribution in [2.24, 2.45) is 0 Å². The number of halogens is 1. The van der Waals surface area contributed by atoms with Gasteiger partial charge in [-0.05, 0) is 48.2 Å². The first-order chi connectivity index (χ1) is 10.1. The molecule has 0 aliphatic carbocycles. The molecule has 0 unspecified atom stereocenters. The van der Waals surface area contributed by atoms with Crippen molar-refractivity contribution in [2.45, 2.75) is 32.6 Å². The van der Waals surface area contributed by atoms with Gasteiger partial charge >= 0.3 is 0 Å². The Hall–Kier alpha value is -1.80. The van der Waals surface area contributed by atoms with Gasteiger partial charge in [0.15, 0.2) is 0 Å². The number of alkyl halides is 1. The molecule has 1 heterocycles. The Labute approximate surface area is 130 Å². The lowest BCUT2D eigenvalue weighted by molar-refractivity contribution is 0.864. The maximum absolute atomic E-state index is 6.09. The normalized spacial score (nSPS) is 11.5. The quantitative estimate of drug-likeness (QED) is 0.608. The smallest absolute Gasteiger partial charge is 0.129 e. The zero-order valence-corrected chi connectivity index (χ0v) is 13.4. The Morgan fingerprint density at radius 2 is 1.81 bits per heavy atom. The van der Waals surface area contributed by atoms with Crippen LogP contribution >= 0.6 is 11.6 Å². The highest BCUT2D eigenvalue weighted by molar-refractivity contribution is 6.17. The van der Waals surface area contributed by atoms with Gasteiger partial charge in [0, 0.05) is 5.69 Å². The van der Waals surface area contributed by atoms with E-state index in [1.54, 1.807) is 0 Å². The summed E-state index contributed by atoms with van der Waals surface area (Å²) in [5, 5.41) is 0. The fraction of sp³-hybridized carbons (Fsp3) is 0.278. The van der Waals surface area contributed by atoms with Crippen LogP contribution in [0.1, 0.15) is 36.7 Å². The van der Waals surface area contributed by atoms with E-state index in [1.807, 2.05) is 0 Å². The average molecular weight is 299 g/mol. The highest BCUT2D eigenvalue weighted by Crippen LogP contribution is 2.25. The predicted octanol–water partition coefficient (Wildman–Crippen LogP) is 5.20. The standard InChI is InChI=1S/C18H19ClN2/c1-12(2)14-5-7-15(8-6-14)21-17-10-13(3)4-9-16(17)20-18(21)11-19/h4-10,12H,11H2,1-3H3. The molecule has 0 aliphatic heterocycles. The van der Waals surface area contributed by atoms with Gasteiger partial charge in [-0.15, -0.1) is 11.6 Å². The number of rotatable bonds is 3. The molecule has 3 heteroatoms. The summed E-state index contributed by atoms with van der Waals surface area (Å²) >= 11 is 6.09. The minimum absolute atomic E-state index is 0.402. The van der Waals surface area contributed by atoms with E-state index in [1.165, 1.54) is 11.1 Å². The third-order valence-electron chi connectivity index (χ3n) is 3.82. The van der Waals surface area contributed by atoms with Crippen molar-refractivity contribution >= 4 is 22.6 Å². The molecule has 21 heavy (non-hydrogen) atoms. The van der Waals surface area contributed by atoms with Crippen molar-refractivity contribution in [3.05, 3.63) is 59.4 Å². The molecule has 0 saturated heterocycles. The zero-order chi connectivity index (χ0) is 15.0. The van der Waals surface area contributed by atoms with E-state index in [2.05, 4.69) is 72.8 Å². The van der Waals surface area contributed by atoms with Gasteiger partial charge in [-0.3, -0.25) is 4.57 Å². The zero-order valence-electron chi connectivity index (χ0n) is 12.6. The maximum Gasteiger partial charge on any atom is 0.129 e. The fourth-order valence-electron chi connectivity index (χ4n) is 2.62. The van der Waals surface area contributed by atoms with Gasteiger partial charge in [-0.2, -0.15) is 0 Å². The lowest BCUT2D eigenvalue weighted by atomic mass is 10.0. The van der Waals surface area contributed by atoms with Gasteiger partial charge in [0.2, 0.25) is 0 Å². The van der Waals surface area contributed by atoms with E-state index in [4.69, 9.17) is 11.6 Å². The summed E-state index contributed by atoms with van der Waals surface area (Å²) < 4.78 is 2.15. The summed E-state index contributed by atoms with van der Waals surface area (Å²) in [6.07, 6.45) is 0. The lowest BCUT2D eigenvalue weighted by Crippen LogP contribution is -2.00. The van der Waals surface area contributed by atoms with E-state index in [0.717, 1.165) is 22.5 Å². The minimum atomic E-state index is 0.402. The molecular weight excluding hydrogens is 280 g/mol. The van der Waals surface area contributed by atoms with Crippen molar-refractivity contribution in [3.63, 3.8) is 0 Å². The summed E-state index contributed by atoms with van der Waals surface area (Å²) in [6.45, 7) is 6.50. The molecule has 0 amide bonds. The van der Waals surface area contributed by atoms with Crippen LogP contribution in [0.4, 0.5) is 0 Å². The monoisotopic (exact) mass is 298 g/mol. The largest absolute Gasteiger partial charge is 0.295 e. The summed E-state index contributed by atoms with van der Waals surface area (Å²) in [4.78, 5) is 4.64. The topological polar surface area (TPSA) is 17.8 Å². The van der Waals surface area contributed by atoms with Crippen molar-refractivity contribution in [1.29, 1.82) is 0 Å². The van der Waals surface area contributed by atoms with Crippen LogP contribution in [0.25, 0.3) is 16.7 Å². The van der Waals surface area contributed by atoms with Crippen LogP contribution in [-0.2, 0) is 5.88 Å². The number of aromatic nitrogens is 2. The number of hydrogen-bond donors (Lipinski definition) is 0. The molecule has 0 atom stereocenters. The van der Waals surface area contributed by atoms with Gasteiger partial charge in [-0.25, -0.2) is 4.98 Å². The van der Waals surface area contributed by atoms with Crippen LogP contribution < -0.4 is 0 Å². The molecule has 3 rings (SSSR count). The average Bonchev–Trinajstić information content (AvgIpc) is 2.85. The molecule has 0 saturated carbocycles. The third-order valence-corrected chi connectivity index (χ3v) is 4.06. The first-order valence-electron chi connectivity index (χ1n) is 7.24. The van der Waals surface area contributed by atoms with Gasteiger partial charge in [0.1, 0.15) is 5.82 Å². The van der Waals surface area contributed by atoms with Crippen molar-refractivity contribution in [3.8, 4) is 5.69 Å². The Morgan fingerprint density at radius 3 is 2.43 bits per heavy atom. The molecule has 0 bridgehead atoms. The molecule has 3 aromatic rings. The summed E-state index contributed by atoms with van der Waals surface area (Å²) in [5.41, 5.74) is 5.78. The van der Waals surface area contributed by atoms with Gasteiger partial charge in [0.25, 0.3) is 0 Å². The Balaban J connectivity index is 2.20. The second-order valence-electron chi connectivity index (χ2n) is 5.74. The molecule has 0 aliphatic rings. The van der Waals surface area contributed by atoms with Crippen molar-refractivity contribution < 1.29 is 0 Å². The first kappa shape index (κ1) is 14.2. The highest BCUT2D eigenvalue weighted by Gasteiger charge is 2.12. The Morgan fingerprint density at radius 1 is 1.10 bits per heavy atom. The third kappa shape index (κ3) is 2.56. The Bertz CT molecular complexity index is 770. The van der Waals surface area contributed by atoms with Gasteiger partial charge in [-0.1, -0.05) is 32.0 Å². The second kappa shape index (κ2) is 5.53.